The maximum atomic E-state index is 13.1. The highest BCUT2D eigenvalue weighted by Crippen LogP contribution is 2.40. The van der Waals surface area contributed by atoms with E-state index in [0.29, 0.717) is 35.7 Å². The Bertz CT molecular complexity index is 996. The highest BCUT2D eigenvalue weighted by molar-refractivity contribution is 6.46. The molecule has 1 atom stereocenters. The second-order valence-corrected chi connectivity index (χ2v) is 7.52. The molecule has 0 unspecified atom stereocenters. The lowest BCUT2D eigenvalue weighted by atomic mass is 9.95. The number of methoxy groups -OCH3 is 2. The first-order valence-corrected chi connectivity index (χ1v) is 10.7. The van der Waals surface area contributed by atoms with Crippen molar-refractivity contribution in [1.29, 1.82) is 0 Å². The van der Waals surface area contributed by atoms with Crippen LogP contribution >= 0.6 is 0 Å². The Hall–Kier alpha value is -3.32. The first-order chi connectivity index (χ1) is 15.4. The molecule has 3 rings (SSSR count). The molecule has 1 heterocycles. The van der Waals surface area contributed by atoms with Gasteiger partial charge in [0, 0.05) is 18.7 Å². The fourth-order valence-corrected chi connectivity index (χ4v) is 3.96. The number of aliphatic hydroxyl groups is 1. The largest absolute Gasteiger partial charge is 0.507 e. The number of carbonyl (C=O) groups excluding carboxylic acids is 2. The number of likely N-dealkylation sites (N-methyl/N-ethyl adjacent to an activating group) is 1. The average molecular weight is 439 g/mol. The van der Waals surface area contributed by atoms with E-state index in [0.717, 1.165) is 13.1 Å². The number of likely N-dealkylation sites (tertiary alicyclic amines) is 1. The molecular weight excluding hydrogens is 408 g/mol. The third kappa shape index (κ3) is 4.62. The number of carbonyl (C=O) groups is 2. The zero-order valence-corrected chi connectivity index (χ0v) is 19.0. The molecule has 0 radical (unpaired) electrons. The number of benzene rings is 2. The summed E-state index contributed by atoms with van der Waals surface area (Å²) in [5.41, 5.74) is 1.23. The Balaban J connectivity index is 2.10. The topological polar surface area (TPSA) is 79.3 Å². The minimum Gasteiger partial charge on any atom is -0.507 e. The van der Waals surface area contributed by atoms with Gasteiger partial charge in [0.25, 0.3) is 11.7 Å². The molecule has 32 heavy (non-hydrogen) atoms. The van der Waals surface area contributed by atoms with Gasteiger partial charge in [-0.3, -0.25) is 9.59 Å². The van der Waals surface area contributed by atoms with Gasteiger partial charge in [0.2, 0.25) is 0 Å². The maximum absolute atomic E-state index is 13.1. The lowest BCUT2D eigenvalue weighted by Gasteiger charge is -2.28. The van der Waals surface area contributed by atoms with Gasteiger partial charge in [-0.1, -0.05) is 26.0 Å². The van der Waals surface area contributed by atoms with E-state index in [1.54, 1.807) is 55.5 Å². The Labute approximate surface area is 188 Å². The predicted octanol–water partition coefficient (Wildman–Crippen LogP) is 3.47. The number of amides is 1. The molecule has 1 aliphatic heterocycles. The van der Waals surface area contributed by atoms with E-state index in [-0.39, 0.29) is 11.3 Å². The highest BCUT2D eigenvalue weighted by Gasteiger charge is 2.46. The van der Waals surface area contributed by atoms with E-state index in [1.807, 2.05) is 12.1 Å². The van der Waals surface area contributed by atoms with E-state index in [9.17, 15) is 14.7 Å². The second-order valence-electron chi connectivity index (χ2n) is 7.52. The summed E-state index contributed by atoms with van der Waals surface area (Å²) in [6, 6.07) is 13.3. The van der Waals surface area contributed by atoms with Gasteiger partial charge in [0.05, 0.1) is 25.8 Å². The van der Waals surface area contributed by atoms with Gasteiger partial charge < -0.3 is 24.4 Å². The molecule has 0 bridgehead atoms. The lowest BCUT2D eigenvalue weighted by Crippen LogP contribution is -2.38. The molecule has 0 saturated carbocycles. The predicted molar refractivity (Wildman–Crippen MR) is 123 cm³/mol. The normalized spacial score (nSPS) is 17.8. The summed E-state index contributed by atoms with van der Waals surface area (Å²) in [7, 11) is 3.12. The number of hydrogen-bond acceptors (Lipinski definition) is 6. The van der Waals surface area contributed by atoms with Crippen molar-refractivity contribution in [3.05, 3.63) is 65.2 Å². The number of ether oxygens (including phenoxy) is 2. The van der Waals surface area contributed by atoms with Crippen molar-refractivity contribution < 1.29 is 24.2 Å². The van der Waals surface area contributed by atoms with Crippen LogP contribution in [0.2, 0.25) is 0 Å². The third-order valence-corrected chi connectivity index (χ3v) is 5.86. The van der Waals surface area contributed by atoms with Gasteiger partial charge in [-0.05, 0) is 55.1 Å². The Morgan fingerprint density at radius 1 is 1.00 bits per heavy atom. The van der Waals surface area contributed by atoms with Gasteiger partial charge in [-0.15, -0.1) is 0 Å². The standard InChI is InChI=1S/C25H30N2O5/c1-5-26(6-2)14-15-27-22(18-8-7-9-20(16-18)32-4)21(24(29)25(27)30)23(28)17-10-12-19(31-3)13-11-17/h7-13,16,22,28H,5-6,14-15H2,1-4H3/t22-/m0/s1. The minimum atomic E-state index is -0.706. The molecule has 7 nitrogen and oxygen atoms in total. The van der Waals surface area contributed by atoms with E-state index in [4.69, 9.17) is 9.47 Å². The molecular formula is C25H30N2O5. The number of Topliss-reactive ketones (excluding diaryl/α,β-unsaturated/α-hetero) is 1. The van der Waals surface area contributed by atoms with Crippen LogP contribution < -0.4 is 9.47 Å². The van der Waals surface area contributed by atoms with Crippen LogP contribution in [0.5, 0.6) is 11.5 Å². The summed E-state index contributed by atoms with van der Waals surface area (Å²) in [6.07, 6.45) is 0. The molecule has 1 amide bonds. The van der Waals surface area contributed by atoms with Gasteiger partial charge in [0.15, 0.2) is 0 Å². The summed E-state index contributed by atoms with van der Waals surface area (Å²) in [4.78, 5) is 29.9. The van der Waals surface area contributed by atoms with Crippen LogP contribution in [-0.4, -0.2) is 67.0 Å². The lowest BCUT2D eigenvalue weighted by molar-refractivity contribution is -0.140. The number of aliphatic hydroxyl groups excluding tert-OH is 1. The van der Waals surface area contributed by atoms with Crippen molar-refractivity contribution in [2.24, 2.45) is 0 Å². The van der Waals surface area contributed by atoms with Crippen molar-refractivity contribution in [1.82, 2.24) is 9.80 Å². The smallest absolute Gasteiger partial charge is 0.295 e. The van der Waals surface area contributed by atoms with Gasteiger partial charge in [-0.25, -0.2) is 0 Å². The molecule has 1 aliphatic rings. The van der Waals surface area contributed by atoms with Crippen LogP contribution in [0.25, 0.3) is 5.76 Å². The number of nitrogens with zero attached hydrogens (tertiary/aromatic N) is 2. The van der Waals surface area contributed by atoms with Crippen LogP contribution in [0.3, 0.4) is 0 Å². The summed E-state index contributed by atoms with van der Waals surface area (Å²) < 4.78 is 10.5. The highest BCUT2D eigenvalue weighted by atomic mass is 16.5. The molecule has 0 aliphatic carbocycles. The molecule has 1 fully saturated rings. The molecule has 1 saturated heterocycles. The second kappa shape index (κ2) is 10.3. The Kier molecular flexibility index (Phi) is 7.53. The van der Waals surface area contributed by atoms with E-state index < -0.39 is 17.7 Å². The van der Waals surface area contributed by atoms with Crippen molar-refractivity contribution in [2.75, 3.05) is 40.4 Å². The minimum absolute atomic E-state index is 0.0768. The van der Waals surface area contributed by atoms with Crippen LogP contribution in [-0.2, 0) is 9.59 Å². The first-order valence-electron chi connectivity index (χ1n) is 10.7. The zero-order valence-electron chi connectivity index (χ0n) is 19.0. The summed E-state index contributed by atoms with van der Waals surface area (Å²) >= 11 is 0. The molecule has 170 valence electrons. The third-order valence-electron chi connectivity index (χ3n) is 5.86. The fraction of sp³-hybridized carbons (Fsp3) is 0.360. The van der Waals surface area contributed by atoms with E-state index in [2.05, 4.69) is 18.7 Å². The quantitative estimate of drug-likeness (QED) is 0.367. The Morgan fingerprint density at radius 3 is 2.25 bits per heavy atom. The zero-order chi connectivity index (χ0) is 23.3. The van der Waals surface area contributed by atoms with Crippen LogP contribution in [0.4, 0.5) is 0 Å². The van der Waals surface area contributed by atoms with Gasteiger partial charge in [0.1, 0.15) is 17.3 Å². The van der Waals surface area contributed by atoms with E-state index >= 15 is 0 Å². The van der Waals surface area contributed by atoms with Crippen LogP contribution in [0, 0.1) is 0 Å². The maximum Gasteiger partial charge on any atom is 0.295 e. The number of hydrogen-bond donors (Lipinski definition) is 1. The molecule has 1 N–H and O–H groups in total. The number of rotatable bonds is 9. The molecule has 2 aromatic carbocycles. The monoisotopic (exact) mass is 438 g/mol. The Morgan fingerprint density at radius 2 is 1.66 bits per heavy atom. The summed E-state index contributed by atoms with van der Waals surface area (Å²) in [5.74, 6) is -0.262. The van der Waals surface area contributed by atoms with E-state index in [1.165, 1.54) is 0 Å². The summed E-state index contributed by atoms with van der Waals surface area (Å²) in [5, 5.41) is 11.1. The first kappa shape index (κ1) is 23.3. The average Bonchev–Trinajstić information content (AvgIpc) is 3.09. The van der Waals surface area contributed by atoms with Crippen LogP contribution in [0.15, 0.2) is 54.1 Å². The number of ketones is 1. The van der Waals surface area contributed by atoms with Crippen LogP contribution in [0.1, 0.15) is 31.0 Å². The summed E-state index contributed by atoms with van der Waals surface area (Å²) in [6.45, 7) is 6.80. The fourth-order valence-electron chi connectivity index (χ4n) is 3.96. The van der Waals surface area contributed by atoms with Crippen molar-refractivity contribution >= 4 is 17.4 Å². The molecule has 2 aromatic rings. The molecule has 0 spiro atoms. The molecule has 0 aromatic heterocycles. The van der Waals surface area contributed by atoms with Gasteiger partial charge >= 0.3 is 0 Å². The van der Waals surface area contributed by atoms with Gasteiger partial charge in [-0.2, -0.15) is 0 Å². The van der Waals surface area contributed by atoms with Crippen molar-refractivity contribution in [2.45, 2.75) is 19.9 Å². The SMILES string of the molecule is CCN(CC)CCN1C(=O)C(=O)C(=C(O)c2ccc(OC)cc2)[C@@H]1c1cccc(OC)c1. The van der Waals surface area contributed by atoms with Crippen molar-refractivity contribution in [3.8, 4) is 11.5 Å². The van der Waals surface area contributed by atoms with Crippen molar-refractivity contribution in [3.63, 3.8) is 0 Å². The molecule has 7 heteroatoms.